The maximum Gasteiger partial charge on any atom is 0.330 e. The molecule has 0 saturated heterocycles. The van der Waals surface area contributed by atoms with Gasteiger partial charge in [-0.05, 0) is 0 Å². The average molecular weight is 204 g/mol. The van der Waals surface area contributed by atoms with E-state index in [1.807, 2.05) is 0 Å². The third kappa shape index (κ3) is 13.4. The molecule has 0 aliphatic rings. The number of carbonyl (C=O) groups is 1. The molecule has 0 spiro atoms. The van der Waals surface area contributed by atoms with Gasteiger partial charge in [0, 0.05) is 6.08 Å². The molecule has 0 heterocycles. The van der Waals surface area contributed by atoms with Gasteiger partial charge >= 0.3 is 5.97 Å². The summed E-state index contributed by atoms with van der Waals surface area (Å²) in [6, 6.07) is 0. The van der Waals surface area contributed by atoms with Gasteiger partial charge in [-0.1, -0.05) is 12.7 Å². The molecule has 1 unspecified atom stereocenters. The first-order valence-corrected chi connectivity index (χ1v) is 3.92. The second kappa shape index (κ2) is 11.8. The Morgan fingerprint density at radius 2 is 1.93 bits per heavy atom. The van der Waals surface area contributed by atoms with Crippen molar-refractivity contribution in [1.29, 1.82) is 0 Å². The van der Waals surface area contributed by atoms with Crippen LogP contribution in [0.3, 0.4) is 0 Å². The largest absolute Gasteiger partial charge is 0.460 e. The predicted molar refractivity (Wildman–Crippen MR) is 51.5 cm³/mol. The molecule has 5 nitrogen and oxygen atoms in total. The van der Waals surface area contributed by atoms with Gasteiger partial charge in [-0.15, -0.1) is 6.58 Å². The summed E-state index contributed by atoms with van der Waals surface area (Å²) in [6.45, 7) is 5.85. The van der Waals surface area contributed by atoms with E-state index in [1.54, 1.807) is 0 Å². The minimum absolute atomic E-state index is 0.0833. The van der Waals surface area contributed by atoms with Crippen LogP contribution in [0.25, 0.3) is 0 Å². The minimum atomic E-state index is -0.996. The highest BCUT2D eigenvalue weighted by Crippen LogP contribution is 1.84. The number of esters is 1. The fourth-order valence-electron chi connectivity index (χ4n) is 0.290. The maximum absolute atomic E-state index is 10.3. The fraction of sp³-hybridized carbons (Fsp3) is 0.444. The Kier molecular flexibility index (Phi) is 12.9. The van der Waals surface area contributed by atoms with Crippen LogP contribution >= 0.6 is 0 Å². The standard InChI is InChI=1S/C6H10O4.C3H6O/c1-2-6(9)10-4-5(8)3-7;1-2-3-4/h2,5,7-8H,1,3-4H2;2,4H,1,3H2. The fourth-order valence-corrected chi connectivity index (χ4v) is 0.290. The van der Waals surface area contributed by atoms with Gasteiger partial charge in [-0.2, -0.15) is 0 Å². The average Bonchev–Trinajstić information content (AvgIpc) is 2.25. The molecule has 0 aliphatic heterocycles. The van der Waals surface area contributed by atoms with Crippen LogP contribution in [-0.4, -0.2) is 47.2 Å². The van der Waals surface area contributed by atoms with Crippen LogP contribution in [0.2, 0.25) is 0 Å². The third-order valence-corrected chi connectivity index (χ3v) is 0.924. The van der Waals surface area contributed by atoms with E-state index in [9.17, 15) is 4.79 Å². The van der Waals surface area contributed by atoms with Crippen LogP contribution in [0.4, 0.5) is 0 Å². The number of hydrogen-bond acceptors (Lipinski definition) is 5. The minimum Gasteiger partial charge on any atom is -0.460 e. The second-order valence-electron chi connectivity index (χ2n) is 2.14. The molecule has 0 aromatic carbocycles. The van der Waals surface area contributed by atoms with Gasteiger partial charge in [0.1, 0.15) is 12.7 Å². The predicted octanol–water partition coefficient (Wildman–Crippen LogP) is -0.766. The quantitative estimate of drug-likeness (QED) is 0.311. The monoisotopic (exact) mass is 204 g/mol. The lowest BCUT2D eigenvalue weighted by Gasteiger charge is -2.05. The van der Waals surface area contributed by atoms with Gasteiger partial charge in [-0.3, -0.25) is 0 Å². The van der Waals surface area contributed by atoms with Crippen molar-refractivity contribution in [3.63, 3.8) is 0 Å². The van der Waals surface area contributed by atoms with Crippen molar-refractivity contribution in [2.45, 2.75) is 6.10 Å². The van der Waals surface area contributed by atoms with Gasteiger partial charge in [0.25, 0.3) is 0 Å². The summed E-state index contributed by atoms with van der Waals surface area (Å²) >= 11 is 0. The number of hydrogen-bond donors (Lipinski definition) is 3. The zero-order chi connectivity index (χ0) is 11.4. The summed E-state index contributed by atoms with van der Waals surface area (Å²) in [5, 5.41) is 24.7. The zero-order valence-corrected chi connectivity index (χ0v) is 7.93. The summed E-state index contributed by atoms with van der Waals surface area (Å²) < 4.78 is 4.38. The molecular weight excluding hydrogens is 188 g/mol. The number of aliphatic hydroxyl groups excluding tert-OH is 3. The number of ether oxygens (including phenoxy) is 1. The first kappa shape index (κ1) is 15.3. The van der Waals surface area contributed by atoms with E-state index in [0.717, 1.165) is 6.08 Å². The van der Waals surface area contributed by atoms with Crippen molar-refractivity contribution >= 4 is 5.97 Å². The van der Waals surface area contributed by atoms with Gasteiger partial charge in [0.15, 0.2) is 0 Å². The first-order chi connectivity index (χ1) is 6.62. The van der Waals surface area contributed by atoms with E-state index in [4.69, 9.17) is 15.3 Å². The van der Waals surface area contributed by atoms with Crippen molar-refractivity contribution in [3.05, 3.63) is 25.3 Å². The molecule has 0 fully saturated rings. The second-order valence-corrected chi connectivity index (χ2v) is 2.14. The Morgan fingerprint density at radius 1 is 1.43 bits per heavy atom. The molecular formula is C9H16O5. The molecule has 5 heteroatoms. The molecule has 3 N–H and O–H groups in total. The van der Waals surface area contributed by atoms with Gasteiger partial charge in [0.05, 0.1) is 13.2 Å². The molecule has 1 atom stereocenters. The molecule has 0 aliphatic carbocycles. The molecule has 14 heavy (non-hydrogen) atoms. The Bertz CT molecular complexity index is 167. The maximum atomic E-state index is 10.3. The topological polar surface area (TPSA) is 87.0 Å². The highest BCUT2D eigenvalue weighted by Gasteiger charge is 2.03. The van der Waals surface area contributed by atoms with E-state index in [2.05, 4.69) is 17.9 Å². The lowest BCUT2D eigenvalue weighted by atomic mass is 10.4. The SMILES string of the molecule is C=CC(=O)OCC(O)CO.C=CCO. The first-order valence-electron chi connectivity index (χ1n) is 3.92. The van der Waals surface area contributed by atoms with E-state index in [1.165, 1.54) is 6.08 Å². The van der Waals surface area contributed by atoms with Crippen molar-refractivity contribution < 1.29 is 24.9 Å². The van der Waals surface area contributed by atoms with E-state index >= 15 is 0 Å². The van der Waals surface area contributed by atoms with Gasteiger partial charge < -0.3 is 20.1 Å². The van der Waals surface area contributed by atoms with Gasteiger partial charge in [-0.25, -0.2) is 4.79 Å². The summed E-state index contributed by atoms with van der Waals surface area (Å²) in [4.78, 5) is 10.3. The van der Waals surface area contributed by atoms with Gasteiger partial charge in [0.2, 0.25) is 0 Å². The Balaban J connectivity index is 0. The van der Waals surface area contributed by atoms with Crippen LogP contribution in [-0.2, 0) is 9.53 Å². The number of carbonyl (C=O) groups excluding carboxylic acids is 1. The number of rotatable bonds is 5. The Morgan fingerprint density at radius 3 is 2.21 bits per heavy atom. The summed E-state index contributed by atoms with van der Waals surface area (Å²) in [6.07, 6.45) is 1.42. The third-order valence-electron chi connectivity index (χ3n) is 0.924. The smallest absolute Gasteiger partial charge is 0.330 e. The van der Waals surface area contributed by atoms with Crippen LogP contribution < -0.4 is 0 Å². The normalized spacial score (nSPS) is 10.5. The summed E-state index contributed by atoms with van der Waals surface area (Å²) in [5.74, 6) is -0.604. The van der Waals surface area contributed by atoms with Crippen LogP contribution in [0.5, 0.6) is 0 Å². The van der Waals surface area contributed by atoms with Crippen LogP contribution in [0.15, 0.2) is 25.3 Å². The molecule has 0 amide bonds. The van der Waals surface area contributed by atoms with Crippen molar-refractivity contribution in [2.24, 2.45) is 0 Å². The van der Waals surface area contributed by atoms with Crippen LogP contribution in [0.1, 0.15) is 0 Å². The lowest BCUT2D eigenvalue weighted by Crippen LogP contribution is -2.21. The molecule has 0 radical (unpaired) electrons. The zero-order valence-electron chi connectivity index (χ0n) is 7.93. The summed E-state index contributed by atoms with van der Waals surface area (Å²) in [7, 11) is 0. The van der Waals surface area contributed by atoms with E-state index in [0.29, 0.717) is 0 Å². The molecule has 0 aromatic rings. The van der Waals surface area contributed by atoms with Crippen LogP contribution in [0, 0.1) is 0 Å². The molecule has 0 rings (SSSR count). The van der Waals surface area contributed by atoms with Crippen molar-refractivity contribution in [3.8, 4) is 0 Å². The highest BCUT2D eigenvalue weighted by molar-refractivity contribution is 5.81. The Labute approximate surface area is 82.9 Å². The molecule has 0 bridgehead atoms. The highest BCUT2D eigenvalue weighted by atomic mass is 16.5. The Hall–Kier alpha value is -1.17. The van der Waals surface area contributed by atoms with E-state index < -0.39 is 18.7 Å². The van der Waals surface area contributed by atoms with Crippen molar-refractivity contribution in [2.75, 3.05) is 19.8 Å². The molecule has 82 valence electrons. The summed E-state index contributed by atoms with van der Waals surface area (Å²) in [5.41, 5.74) is 0. The van der Waals surface area contributed by atoms with Crippen molar-refractivity contribution in [1.82, 2.24) is 0 Å². The van der Waals surface area contributed by atoms with E-state index in [-0.39, 0.29) is 13.2 Å². The molecule has 0 aromatic heterocycles. The number of aliphatic hydroxyl groups is 3. The molecule has 0 saturated carbocycles. The lowest BCUT2D eigenvalue weighted by molar-refractivity contribution is -0.141.